The zero-order valence-electron chi connectivity index (χ0n) is 14.8. The van der Waals surface area contributed by atoms with Gasteiger partial charge in [0.25, 0.3) is 0 Å². The molecule has 0 spiro atoms. The molecule has 2 N–H and O–H groups in total. The van der Waals surface area contributed by atoms with Gasteiger partial charge >= 0.3 is 0 Å². The maximum Gasteiger partial charge on any atom is 0.187 e. The summed E-state index contributed by atoms with van der Waals surface area (Å²) in [6, 6.07) is 27.9. The van der Waals surface area contributed by atoms with Crippen molar-refractivity contribution in [2.75, 3.05) is 0 Å². The number of hydrazone groups is 1. The number of rotatable bonds is 7. The highest BCUT2D eigenvalue weighted by Crippen LogP contribution is 2.17. The largest absolute Gasteiger partial charge is 0.488 e. The van der Waals surface area contributed by atoms with Gasteiger partial charge in [0.15, 0.2) is 5.11 Å². The lowest BCUT2D eigenvalue weighted by atomic mass is 10.2. The zero-order chi connectivity index (χ0) is 18.7. The molecule has 0 atom stereocenters. The van der Waals surface area contributed by atoms with E-state index in [1.54, 1.807) is 6.21 Å². The molecule has 0 bridgehead atoms. The van der Waals surface area contributed by atoms with Gasteiger partial charge in [-0.1, -0.05) is 72.8 Å². The Bertz CT molecular complexity index is 882. The minimum atomic E-state index is 0.470. The first-order valence-corrected chi connectivity index (χ1v) is 9.09. The Hall–Kier alpha value is -3.18. The molecule has 0 amide bonds. The molecule has 0 aliphatic rings. The molecule has 0 aliphatic carbocycles. The highest BCUT2D eigenvalue weighted by Gasteiger charge is 2.01. The van der Waals surface area contributed by atoms with Crippen molar-refractivity contribution in [1.82, 2.24) is 10.7 Å². The van der Waals surface area contributed by atoms with Gasteiger partial charge in [0, 0.05) is 12.1 Å². The van der Waals surface area contributed by atoms with Crippen molar-refractivity contribution in [2.24, 2.45) is 5.10 Å². The lowest BCUT2D eigenvalue weighted by molar-refractivity contribution is 0.306. The van der Waals surface area contributed by atoms with Crippen LogP contribution in [0, 0.1) is 0 Å². The van der Waals surface area contributed by atoms with E-state index in [1.807, 2.05) is 84.9 Å². The third-order valence-electron chi connectivity index (χ3n) is 3.82. The summed E-state index contributed by atoms with van der Waals surface area (Å²) >= 11 is 5.25. The number of nitrogens with zero attached hydrogens (tertiary/aromatic N) is 1. The van der Waals surface area contributed by atoms with E-state index in [1.165, 1.54) is 0 Å². The van der Waals surface area contributed by atoms with Crippen LogP contribution < -0.4 is 15.5 Å². The summed E-state index contributed by atoms with van der Waals surface area (Å²) in [5, 5.41) is 7.80. The minimum Gasteiger partial charge on any atom is -0.488 e. The summed E-state index contributed by atoms with van der Waals surface area (Å²) in [6.07, 6.45) is 1.71. The molecule has 3 aromatic rings. The summed E-state index contributed by atoms with van der Waals surface area (Å²) < 4.78 is 5.92. The lowest BCUT2D eigenvalue weighted by Crippen LogP contribution is -2.31. The van der Waals surface area contributed by atoms with Crippen molar-refractivity contribution < 1.29 is 4.74 Å². The SMILES string of the molecule is S=C(NCc1ccccc1)N/N=C/c1ccccc1OCc1ccccc1. The molecule has 0 unspecified atom stereocenters. The van der Waals surface area contributed by atoms with Crippen LogP contribution in [0.25, 0.3) is 0 Å². The van der Waals surface area contributed by atoms with Gasteiger partial charge in [0.2, 0.25) is 0 Å². The van der Waals surface area contributed by atoms with Gasteiger partial charge in [-0.2, -0.15) is 5.10 Å². The zero-order valence-corrected chi connectivity index (χ0v) is 15.7. The normalized spacial score (nSPS) is 10.5. The van der Waals surface area contributed by atoms with Crippen LogP contribution in [-0.4, -0.2) is 11.3 Å². The number of thiocarbonyl (C=S) groups is 1. The second-order valence-electron chi connectivity index (χ2n) is 5.85. The van der Waals surface area contributed by atoms with Crippen molar-refractivity contribution in [3.8, 4) is 5.75 Å². The highest BCUT2D eigenvalue weighted by molar-refractivity contribution is 7.80. The van der Waals surface area contributed by atoms with Crippen LogP contribution in [0.5, 0.6) is 5.75 Å². The Labute approximate surface area is 164 Å². The van der Waals surface area contributed by atoms with Gasteiger partial charge in [0.05, 0.1) is 6.21 Å². The van der Waals surface area contributed by atoms with E-state index >= 15 is 0 Å². The number of benzene rings is 3. The first-order valence-electron chi connectivity index (χ1n) is 8.68. The van der Waals surface area contributed by atoms with E-state index in [0.717, 1.165) is 22.4 Å². The van der Waals surface area contributed by atoms with Crippen LogP contribution in [0.4, 0.5) is 0 Å². The van der Waals surface area contributed by atoms with Crippen molar-refractivity contribution in [1.29, 1.82) is 0 Å². The molecule has 4 nitrogen and oxygen atoms in total. The molecule has 0 saturated heterocycles. The molecule has 0 fully saturated rings. The molecule has 0 aliphatic heterocycles. The molecule has 136 valence electrons. The standard InChI is InChI=1S/C22H21N3OS/c27-22(23-15-18-9-3-1-4-10-18)25-24-16-20-13-7-8-14-21(20)26-17-19-11-5-2-6-12-19/h1-14,16H,15,17H2,(H2,23,25,27)/b24-16+. The number of nitrogens with one attached hydrogen (secondary N) is 2. The van der Waals surface area contributed by atoms with Gasteiger partial charge in [-0.3, -0.25) is 5.43 Å². The fraction of sp³-hybridized carbons (Fsp3) is 0.0909. The van der Waals surface area contributed by atoms with E-state index in [4.69, 9.17) is 17.0 Å². The summed E-state index contributed by atoms with van der Waals surface area (Å²) in [7, 11) is 0. The summed E-state index contributed by atoms with van der Waals surface area (Å²) in [4.78, 5) is 0. The molecule has 0 radical (unpaired) electrons. The van der Waals surface area contributed by atoms with Crippen LogP contribution in [0.1, 0.15) is 16.7 Å². The van der Waals surface area contributed by atoms with Gasteiger partial charge < -0.3 is 10.1 Å². The van der Waals surface area contributed by atoms with E-state index < -0.39 is 0 Å². The quantitative estimate of drug-likeness (QED) is 0.368. The van der Waals surface area contributed by atoms with Crippen LogP contribution in [0.15, 0.2) is 90.0 Å². The van der Waals surface area contributed by atoms with E-state index in [-0.39, 0.29) is 0 Å². The van der Waals surface area contributed by atoms with E-state index in [9.17, 15) is 0 Å². The monoisotopic (exact) mass is 375 g/mol. The fourth-order valence-electron chi connectivity index (χ4n) is 2.43. The predicted molar refractivity (Wildman–Crippen MR) is 114 cm³/mol. The van der Waals surface area contributed by atoms with E-state index in [0.29, 0.717) is 18.3 Å². The van der Waals surface area contributed by atoms with Gasteiger partial charge in [-0.05, 0) is 35.5 Å². The van der Waals surface area contributed by atoms with Gasteiger partial charge in [-0.15, -0.1) is 0 Å². The average Bonchev–Trinajstić information content (AvgIpc) is 2.73. The predicted octanol–water partition coefficient (Wildman–Crippen LogP) is 4.26. The Morgan fingerprint density at radius 1 is 0.852 bits per heavy atom. The third-order valence-corrected chi connectivity index (χ3v) is 4.06. The summed E-state index contributed by atoms with van der Waals surface area (Å²) in [5.41, 5.74) is 5.99. The molecule has 3 aromatic carbocycles. The third kappa shape index (κ3) is 6.24. The second-order valence-corrected chi connectivity index (χ2v) is 6.26. The number of hydrogen-bond donors (Lipinski definition) is 2. The highest BCUT2D eigenvalue weighted by atomic mass is 32.1. The van der Waals surface area contributed by atoms with Gasteiger partial charge in [-0.25, -0.2) is 0 Å². The fourth-order valence-corrected chi connectivity index (χ4v) is 2.56. The van der Waals surface area contributed by atoms with Crippen LogP contribution >= 0.6 is 12.2 Å². The van der Waals surface area contributed by atoms with Crippen molar-refractivity contribution in [2.45, 2.75) is 13.2 Å². The smallest absolute Gasteiger partial charge is 0.187 e. The van der Waals surface area contributed by atoms with Crippen molar-refractivity contribution in [3.63, 3.8) is 0 Å². The molecule has 3 rings (SSSR count). The van der Waals surface area contributed by atoms with Gasteiger partial charge in [0.1, 0.15) is 12.4 Å². The molecular formula is C22H21N3OS. The van der Waals surface area contributed by atoms with Crippen LogP contribution in [0.3, 0.4) is 0 Å². The number of ether oxygens (including phenoxy) is 1. The Morgan fingerprint density at radius 3 is 2.22 bits per heavy atom. The Morgan fingerprint density at radius 2 is 1.48 bits per heavy atom. The minimum absolute atomic E-state index is 0.470. The first-order chi connectivity index (χ1) is 13.3. The first kappa shape index (κ1) is 18.6. The summed E-state index contributed by atoms with van der Waals surface area (Å²) in [5.74, 6) is 0.773. The maximum absolute atomic E-state index is 5.92. The summed E-state index contributed by atoms with van der Waals surface area (Å²) in [6.45, 7) is 1.16. The average molecular weight is 375 g/mol. The van der Waals surface area contributed by atoms with Crippen molar-refractivity contribution >= 4 is 23.5 Å². The molecular weight excluding hydrogens is 354 g/mol. The molecule has 0 heterocycles. The maximum atomic E-state index is 5.92. The van der Waals surface area contributed by atoms with E-state index in [2.05, 4.69) is 15.8 Å². The number of para-hydroxylation sites is 1. The Balaban J connectivity index is 1.51. The number of hydrogen-bond acceptors (Lipinski definition) is 3. The van der Waals surface area contributed by atoms with Crippen molar-refractivity contribution in [3.05, 3.63) is 102 Å². The lowest BCUT2D eigenvalue weighted by Gasteiger charge is -2.09. The molecule has 27 heavy (non-hydrogen) atoms. The second kappa shape index (κ2) is 10.1. The van der Waals surface area contributed by atoms with Crippen LogP contribution in [0.2, 0.25) is 0 Å². The molecule has 5 heteroatoms. The molecule has 0 saturated carbocycles. The van der Waals surface area contributed by atoms with Crippen LogP contribution in [-0.2, 0) is 13.2 Å². The Kier molecular flexibility index (Phi) is 6.95. The molecule has 0 aromatic heterocycles. The topological polar surface area (TPSA) is 45.7 Å².